The van der Waals surface area contributed by atoms with Gasteiger partial charge in [-0.1, -0.05) is 12.2 Å². The van der Waals surface area contributed by atoms with Crippen LogP contribution in [0.4, 0.5) is 0 Å². The van der Waals surface area contributed by atoms with Crippen molar-refractivity contribution in [2.75, 3.05) is 18.3 Å². The third-order valence-electron chi connectivity index (χ3n) is 0.614. The zero-order valence-electron chi connectivity index (χ0n) is 5.26. The van der Waals surface area contributed by atoms with Crippen molar-refractivity contribution >= 4 is 23.5 Å². The van der Waals surface area contributed by atoms with Crippen LogP contribution < -0.4 is 0 Å². The lowest BCUT2D eigenvalue weighted by Gasteiger charge is -1.83. The van der Waals surface area contributed by atoms with Crippen LogP contribution in [0.3, 0.4) is 0 Å². The molecule has 0 spiro atoms. The van der Waals surface area contributed by atoms with E-state index in [4.69, 9.17) is 0 Å². The van der Waals surface area contributed by atoms with E-state index in [-0.39, 0.29) is 0 Å². The minimum absolute atomic E-state index is 1.12. The maximum atomic E-state index is 2.15. The molecule has 0 bridgehead atoms. The molecule has 1 radical (unpaired) electrons. The molecule has 0 heterocycles. The average molecular weight is 147 g/mol. The van der Waals surface area contributed by atoms with Gasteiger partial charge in [-0.15, -0.1) is 0 Å². The Morgan fingerprint density at radius 2 is 2.12 bits per heavy atom. The second-order valence-electron chi connectivity index (χ2n) is 1.26. The van der Waals surface area contributed by atoms with Gasteiger partial charge in [0.25, 0.3) is 0 Å². The molecule has 8 heavy (non-hydrogen) atoms. The second-order valence-corrected chi connectivity index (χ2v) is 2.91. The molecule has 0 aromatic carbocycles. The predicted octanol–water partition coefficient (Wildman–Crippen LogP) is 2.43. The topological polar surface area (TPSA) is 0 Å². The summed E-state index contributed by atoms with van der Waals surface area (Å²) in [6.45, 7) is 0. The van der Waals surface area contributed by atoms with Gasteiger partial charge in [0.15, 0.2) is 0 Å². The summed E-state index contributed by atoms with van der Waals surface area (Å²) in [7, 11) is 0. The summed E-state index contributed by atoms with van der Waals surface area (Å²) < 4.78 is 0. The first-order valence-corrected chi connectivity index (χ1v) is 5.10. The van der Waals surface area contributed by atoms with Crippen LogP contribution in [0, 0.1) is 5.75 Å². The molecular formula is C6H11S2. The van der Waals surface area contributed by atoms with Gasteiger partial charge in [-0.25, -0.2) is 0 Å². The highest BCUT2D eigenvalue weighted by molar-refractivity contribution is 8.00. The summed E-state index contributed by atoms with van der Waals surface area (Å²) in [5.74, 6) is 3.20. The first-order valence-electron chi connectivity index (χ1n) is 2.42. The van der Waals surface area contributed by atoms with E-state index in [1.165, 1.54) is 0 Å². The van der Waals surface area contributed by atoms with Crippen molar-refractivity contribution in [3.8, 4) is 0 Å². The van der Waals surface area contributed by atoms with Gasteiger partial charge in [-0.2, -0.15) is 23.5 Å². The minimum atomic E-state index is 1.12. The van der Waals surface area contributed by atoms with Gasteiger partial charge in [0.2, 0.25) is 0 Å². The quantitative estimate of drug-likeness (QED) is 0.599. The molecule has 0 aliphatic heterocycles. The smallest absolute Gasteiger partial charge is 0.0378 e. The highest BCUT2D eigenvalue weighted by Gasteiger charge is 1.72. The normalized spacial score (nSPS) is 10.8. The molecule has 0 saturated heterocycles. The van der Waals surface area contributed by atoms with Crippen LogP contribution in [0.2, 0.25) is 0 Å². The molecule has 0 aliphatic carbocycles. The van der Waals surface area contributed by atoms with Crippen LogP contribution in [0.5, 0.6) is 0 Å². The Morgan fingerprint density at radius 3 is 2.62 bits per heavy atom. The summed E-state index contributed by atoms with van der Waals surface area (Å²) in [6, 6.07) is 0. The van der Waals surface area contributed by atoms with Gasteiger partial charge >= 0.3 is 0 Å². The molecule has 2 heteroatoms. The molecule has 0 aromatic heterocycles. The van der Waals surface area contributed by atoms with Crippen LogP contribution in [0.25, 0.3) is 0 Å². The van der Waals surface area contributed by atoms with Crippen molar-refractivity contribution in [2.24, 2.45) is 0 Å². The van der Waals surface area contributed by atoms with E-state index < -0.39 is 0 Å². The lowest BCUT2D eigenvalue weighted by atomic mass is 10.6. The molecule has 0 aliphatic rings. The first kappa shape index (κ1) is 8.44. The Kier molecular flexibility index (Phi) is 7.85. The van der Waals surface area contributed by atoms with Crippen LogP contribution >= 0.6 is 23.5 Å². The van der Waals surface area contributed by atoms with Crippen LogP contribution in [-0.2, 0) is 0 Å². The molecule has 0 atom stereocenters. The molecule has 0 rings (SSSR count). The van der Waals surface area contributed by atoms with Crippen molar-refractivity contribution in [1.82, 2.24) is 0 Å². The molecule has 0 unspecified atom stereocenters. The Balaban J connectivity index is 2.83. The van der Waals surface area contributed by atoms with Crippen molar-refractivity contribution in [3.05, 3.63) is 17.9 Å². The Hall–Kier alpha value is 0.440. The molecule has 0 nitrogen and oxygen atoms in total. The van der Waals surface area contributed by atoms with E-state index in [1.54, 1.807) is 11.8 Å². The standard InChI is InChI=1S/C6H11S2/c1-7-5-3-4-6-8-2/h3-5H,6H2,1-2H3/b4-3+. The van der Waals surface area contributed by atoms with E-state index in [9.17, 15) is 0 Å². The Bertz CT molecular complexity index is 51.5. The molecule has 0 aromatic rings. The van der Waals surface area contributed by atoms with Crippen LogP contribution in [0.1, 0.15) is 0 Å². The third kappa shape index (κ3) is 6.44. The van der Waals surface area contributed by atoms with E-state index in [0.29, 0.717) is 0 Å². The maximum Gasteiger partial charge on any atom is 0.0378 e. The fraction of sp³-hybridized carbons (Fsp3) is 0.500. The van der Waals surface area contributed by atoms with Gasteiger partial charge in [-0.05, 0) is 12.5 Å². The second kappa shape index (κ2) is 7.44. The molecule has 0 fully saturated rings. The number of hydrogen-bond donors (Lipinski definition) is 0. The lowest BCUT2D eigenvalue weighted by Crippen LogP contribution is -1.64. The van der Waals surface area contributed by atoms with Crippen molar-refractivity contribution < 1.29 is 0 Å². The molecule has 47 valence electrons. The summed E-state index contributed by atoms with van der Waals surface area (Å²) in [6.07, 6.45) is 8.40. The number of hydrogen-bond acceptors (Lipinski definition) is 2. The lowest BCUT2D eigenvalue weighted by molar-refractivity contribution is 1.75. The number of rotatable bonds is 4. The fourth-order valence-corrected chi connectivity index (χ4v) is 0.858. The van der Waals surface area contributed by atoms with Gasteiger partial charge in [0, 0.05) is 11.5 Å². The Morgan fingerprint density at radius 1 is 1.38 bits per heavy atom. The summed E-state index contributed by atoms with van der Waals surface area (Å²) in [5.41, 5.74) is 0. The van der Waals surface area contributed by atoms with E-state index in [0.717, 1.165) is 5.75 Å². The molecule has 0 amide bonds. The van der Waals surface area contributed by atoms with E-state index >= 15 is 0 Å². The molecule has 0 saturated carbocycles. The number of thioether (sulfide) groups is 2. The zero-order valence-corrected chi connectivity index (χ0v) is 6.89. The van der Waals surface area contributed by atoms with E-state index in [2.05, 4.69) is 30.4 Å². The Labute approximate surface area is 60.1 Å². The van der Waals surface area contributed by atoms with Crippen molar-refractivity contribution in [1.29, 1.82) is 0 Å². The predicted molar refractivity (Wildman–Crippen MR) is 45.3 cm³/mol. The summed E-state index contributed by atoms with van der Waals surface area (Å²) in [4.78, 5) is 0. The SMILES string of the molecule is CS[CH]/C=C/CSC. The largest absolute Gasteiger partial charge is 0.161 e. The highest BCUT2D eigenvalue weighted by atomic mass is 32.2. The van der Waals surface area contributed by atoms with Crippen LogP contribution in [-0.4, -0.2) is 18.3 Å². The van der Waals surface area contributed by atoms with Gasteiger partial charge in [0.1, 0.15) is 0 Å². The van der Waals surface area contributed by atoms with Gasteiger partial charge in [0.05, 0.1) is 0 Å². The fourth-order valence-electron chi connectivity index (χ4n) is 0.286. The van der Waals surface area contributed by atoms with E-state index in [1.807, 2.05) is 11.8 Å². The minimum Gasteiger partial charge on any atom is -0.161 e. The molecule has 0 N–H and O–H groups in total. The van der Waals surface area contributed by atoms with Crippen LogP contribution in [0.15, 0.2) is 12.2 Å². The zero-order chi connectivity index (χ0) is 6.24. The van der Waals surface area contributed by atoms with Crippen molar-refractivity contribution in [3.63, 3.8) is 0 Å². The summed E-state index contributed by atoms with van der Waals surface area (Å²) >= 11 is 3.57. The maximum absolute atomic E-state index is 2.15. The van der Waals surface area contributed by atoms with Gasteiger partial charge in [-0.3, -0.25) is 0 Å². The van der Waals surface area contributed by atoms with Gasteiger partial charge < -0.3 is 0 Å². The summed E-state index contributed by atoms with van der Waals surface area (Å²) in [5, 5.41) is 0. The third-order valence-corrected chi connectivity index (χ3v) is 1.57. The average Bonchev–Trinajstić information content (AvgIpc) is 1.81. The molecular weight excluding hydrogens is 136 g/mol. The monoisotopic (exact) mass is 147 g/mol. The van der Waals surface area contributed by atoms with Crippen molar-refractivity contribution in [2.45, 2.75) is 0 Å². The first-order chi connectivity index (χ1) is 3.91. The highest BCUT2D eigenvalue weighted by Crippen LogP contribution is 2.00.